The van der Waals surface area contributed by atoms with Gasteiger partial charge in [0, 0.05) is 13.1 Å². The molecule has 0 saturated carbocycles. The lowest BCUT2D eigenvalue weighted by molar-refractivity contribution is -0.149. The second-order valence-electron chi connectivity index (χ2n) is 4.29. The lowest BCUT2D eigenvalue weighted by Crippen LogP contribution is -2.27. The summed E-state index contributed by atoms with van der Waals surface area (Å²) >= 11 is 0. The third kappa shape index (κ3) is 2.74. The Morgan fingerprint density at radius 2 is 2.19 bits per heavy atom. The zero-order chi connectivity index (χ0) is 12.1. The molecule has 1 aliphatic heterocycles. The number of ether oxygens (including phenoxy) is 1. The summed E-state index contributed by atoms with van der Waals surface area (Å²) in [5.41, 5.74) is 0. The van der Waals surface area contributed by atoms with E-state index in [4.69, 9.17) is 4.74 Å². The highest BCUT2D eigenvalue weighted by Gasteiger charge is 2.41. The van der Waals surface area contributed by atoms with Gasteiger partial charge in [-0.2, -0.15) is 0 Å². The van der Waals surface area contributed by atoms with E-state index in [1.165, 1.54) is 0 Å². The van der Waals surface area contributed by atoms with Crippen molar-refractivity contribution in [2.75, 3.05) is 19.7 Å². The first kappa shape index (κ1) is 13.0. The van der Waals surface area contributed by atoms with Crippen LogP contribution in [0.4, 0.5) is 0 Å². The fourth-order valence-electron chi connectivity index (χ4n) is 2.02. The molecule has 0 spiro atoms. The lowest BCUT2D eigenvalue weighted by Gasteiger charge is -2.15. The number of hydrogen-bond acceptors (Lipinski definition) is 3. The molecule has 0 aromatic carbocycles. The minimum Gasteiger partial charge on any atom is -0.466 e. The monoisotopic (exact) mass is 227 g/mol. The fraction of sp³-hybridized carbons (Fsp3) is 0.833. The van der Waals surface area contributed by atoms with Crippen molar-refractivity contribution in [1.82, 2.24) is 4.90 Å². The van der Waals surface area contributed by atoms with Crippen LogP contribution in [0.5, 0.6) is 0 Å². The van der Waals surface area contributed by atoms with Gasteiger partial charge in [-0.25, -0.2) is 0 Å². The van der Waals surface area contributed by atoms with E-state index in [-0.39, 0.29) is 23.7 Å². The van der Waals surface area contributed by atoms with Gasteiger partial charge in [-0.1, -0.05) is 20.3 Å². The van der Waals surface area contributed by atoms with Crippen LogP contribution < -0.4 is 0 Å². The van der Waals surface area contributed by atoms with Crippen LogP contribution in [0.1, 0.15) is 33.6 Å². The van der Waals surface area contributed by atoms with Gasteiger partial charge >= 0.3 is 5.97 Å². The maximum Gasteiger partial charge on any atom is 0.311 e. The molecule has 1 saturated heterocycles. The average molecular weight is 227 g/mol. The summed E-state index contributed by atoms with van der Waals surface area (Å²) in [4.78, 5) is 25.3. The topological polar surface area (TPSA) is 46.6 Å². The molecular formula is C12H21NO3. The second kappa shape index (κ2) is 5.87. The molecule has 0 aliphatic carbocycles. The highest BCUT2D eigenvalue weighted by molar-refractivity contribution is 5.88. The van der Waals surface area contributed by atoms with Gasteiger partial charge < -0.3 is 9.64 Å². The zero-order valence-corrected chi connectivity index (χ0v) is 10.4. The number of likely N-dealkylation sites (tertiary alicyclic amines) is 1. The Bertz CT molecular complexity index is 265. The molecule has 1 rings (SSSR count). The van der Waals surface area contributed by atoms with E-state index < -0.39 is 0 Å². The van der Waals surface area contributed by atoms with Gasteiger partial charge in [0.05, 0.1) is 18.4 Å². The minimum absolute atomic E-state index is 0.0894. The van der Waals surface area contributed by atoms with Gasteiger partial charge in [-0.05, 0) is 13.3 Å². The number of esters is 1. The molecule has 92 valence electrons. The molecule has 4 heteroatoms. The van der Waals surface area contributed by atoms with Gasteiger partial charge in [0.25, 0.3) is 0 Å². The number of amides is 1. The molecule has 16 heavy (non-hydrogen) atoms. The molecule has 0 radical (unpaired) electrons. The Kier molecular flexibility index (Phi) is 4.77. The van der Waals surface area contributed by atoms with E-state index in [2.05, 4.69) is 6.92 Å². The third-order valence-electron chi connectivity index (χ3n) is 3.09. The Hall–Kier alpha value is -1.06. The summed E-state index contributed by atoms with van der Waals surface area (Å²) in [6.07, 6.45) is 2.05. The van der Waals surface area contributed by atoms with Crippen molar-refractivity contribution in [3.05, 3.63) is 0 Å². The van der Waals surface area contributed by atoms with Crippen molar-refractivity contribution in [3.63, 3.8) is 0 Å². The first-order valence-electron chi connectivity index (χ1n) is 6.07. The predicted molar refractivity (Wildman–Crippen MR) is 60.8 cm³/mol. The molecule has 4 nitrogen and oxygen atoms in total. The van der Waals surface area contributed by atoms with E-state index >= 15 is 0 Å². The molecule has 0 bridgehead atoms. The molecule has 1 fully saturated rings. The van der Waals surface area contributed by atoms with Crippen LogP contribution in [0.15, 0.2) is 0 Å². The lowest BCUT2D eigenvalue weighted by atomic mass is 9.98. The quantitative estimate of drug-likeness (QED) is 0.668. The number of carbonyl (C=O) groups is 2. The number of nitrogens with zero attached hydrogens (tertiary/aromatic N) is 1. The van der Waals surface area contributed by atoms with E-state index in [1.54, 1.807) is 11.8 Å². The van der Waals surface area contributed by atoms with Crippen LogP contribution in [-0.2, 0) is 14.3 Å². The SMILES string of the molecule is CCCCN1CC(C(=O)OCC)C(C)C1=O. The maximum absolute atomic E-state index is 11.8. The number of unbranched alkanes of at least 4 members (excludes halogenated alkanes) is 1. The number of hydrogen-bond donors (Lipinski definition) is 0. The highest BCUT2D eigenvalue weighted by atomic mass is 16.5. The normalized spacial score (nSPS) is 24.9. The molecule has 0 N–H and O–H groups in total. The van der Waals surface area contributed by atoms with Crippen molar-refractivity contribution in [1.29, 1.82) is 0 Å². The Balaban J connectivity index is 2.57. The average Bonchev–Trinajstić information content (AvgIpc) is 2.54. The van der Waals surface area contributed by atoms with E-state index in [0.717, 1.165) is 19.4 Å². The molecule has 1 aliphatic rings. The van der Waals surface area contributed by atoms with Gasteiger partial charge in [0.2, 0.25) is 5.91 Å². The number of rotatable bonds is 5. The molecule has 2 atom stereocenters. The minimum atomic E-state index is -0.274. The third-order valence-corrected chi connectivity index (χ3v) is 3.09. The summed E-state index contributed by atoms with van der Waals surface area (Å²) in [5.74, 6) is -0.644. The Labute approximate surface area is 96.9 Å². The van der Waals surface area contributed by atoms with E-state index in [0.29, 0.717) is 13.2 Å². The molecule has 0 aromatic heterocycles. The smallest absolute Gasteiger partial charge is 0.311 e. The predicted octanol–water partition coefficient (Wildman–Crippen LogP) is 1.44. The van der Waals surface area contributed by atoms with E-state index in [1.807, 2.05) is 6.92 Å². The largest absolute Gasteiger partial charge is 0.466 e. The molecular weight excluding hydrogens is 206 g/mol. The maximum atomic E-state index is 11.8. The van der Waals surface area contributed by atoms with Crippen molar-refractivity contribution in [2.45, 2.75) is 33.6 Å². The Morgan fingerprint density at radius 3 is 2.75 bits per heavy atom. The van der Waals surface area contributed by atoms with Gasteiger partial charge in [0.1, 0.15) is 0 Å². The summed E-state index contributed by atoms with van der Waals surface area (Å²) in [7, 11) is 0. The van der Waals surface area contributed by atoms with Gasteiger partial charge in [-0.15, -0.1) is 0 Å². The number of carbonyl (C=O) groups excluding carboxylic acids is 2. The highest BCUT2D eigenvalue weighted by Crippen LogP contribution is 2.25. The van der Waals surface area contributed by atoms with Gasteiger partial charge in [0.15, 0.2) is 0 Å². The van der Waals surface area contributed by atoms with Crippen LogP contribution in [0.2, 0.25) is 0 Å². The first-order valence-corrected chi connectivity index (χ1v) is 6.07. The van der Waals surface area contributed by atoms with Crippen LogP contribution in [0.3, 0.4) is 0 Å². The molecule has 2 unspecified atom stereocenters. The van der Waals surface area contributed by atoms with Crippen LogP contribution in [-0.4, -0.2) is 36.5 Å². The van der Waals surface area contributed by atoms with Crippen molar-refractivity contribution >= 4 is 11.9 Å². The van der Waals surface area contributed by atoms with Crippen LogP contribution >= 0.6 is 0 Å². The standard InChI is InChI=1S/C12H21NO3/c1-4-6-7-13-8-10(9(3)11(13)14)12(15)16-5-2/h9-10H,4-8H2,1-3H3. The molecule has 1 heterocycles. The summed E-state index contributed by atoms with van der Waals surface area (Å²) in [6, 6.07) is 0. The second-order valence-corrected chi connectivity index (χ2v) is 4.29. The van der Waals surface area contributed by atoms with Crippen LogP contribution in [0.25, 0.3) is 0 Å². The van der Waals surface area contributed by atoms with Crippen LogP contribution in [0, 0.1) is 11.8 Å². The van der Waals surface area contributed by atoms with Crippen molar-refractivity contribution in [3.8, 4) is 0 Å². The first-order chi connectivity index (χ1) is 7.61. The molecule has 0 aromatic rings. The zero-order valence-electron chi connectivity index (χ0n) is 10.4. The molecule has 1 amide bonds. The Morgan fingerprint density at radius 1 is 1.50 bits per heavy atom. The summed E-state index contributed by atoms with van der Waals surface area (Å²) in [6.45, 7) is 7.36. The van der Waals surface area contributed by atoms with Crippen molar-refractivity contribution in [2.24, 2.45) is 11.8 Å². The summed E-state index contributed by atoms with van der Waals surface area (Å²) < 4.78 is 4.98. The summed E-state index contributed by atoms with van der Waals surface area (Å²) in [5, 5.41) is 0. The fourth-order valence-corrected chi connectivity index (χ4v) is 2.02. The van der Waals surface area contributed by atoms with Crippen molar-refractivity contribution < 1.29 is 14.3 Å². The van der Waals surface area contributed by atoms with E-state index in [9.17, 15) is 9.59 Å². The van der Waals surface area contributed by atoms with Gasteiger partial charge in [-0.3, -0.25) is 9.59 Å².